The zero-order valence-corrected chi connectivity index (χ0v) is 14.5. The summed E-state index contributed by atoms with van der Waals surface area (Å²) in [6.07, 6.45) is 2.72. The fourth-order valence-electron chi connectivity index (χ4n) is 2.56. The Morgan fingerprint density at radius 3 is 2.83 bits per heavy atom. The highest BCUT2D eigenvalue weighted by atomic mass is 35.5. The Balaban J connectivity index is 0.00000264. The minimum absolute atomic E-state index is 0. The van der Waals surface area contributed by atoms with Gasteiger partial charge in [-0.05, 0) is 43.6 Å². The minimum atomic E-state index is 0. The highest BCUT2D eigenvalue weighted by molar-refractivity contribution is 5.85. The Labute approximate surface area is 144 Å². The summed E-state index contributed by atoms with van der Waals surface area (Å²) in [5.74, 6) is 1.15. The topological polar surface area (TPSA) is 59.6 Å². The molecule has 1 heterocycles. The third-order valence-electron chi connectivity index (χ3n) is 3.84. The highest BCUT2D eigenvalue weighted by Gasteiger charge is 2.20. The molecule has 6 heteroatoms. The average molecular weight is 343 g/mol. The number of hydrogen-bond acceptors (Lipinski definition) is 4. The molecule has 1 aliphatic heterocycles. The lowest BCUT2D eigenvalue weighted by atomic mass is 9.97. The average Bonchev–Trinajstić information content (AvgIpc) is 2.58. The van der Waals surface area contributed by atoms with Crippen LogP contribution in [0.5, 0.6) is 5.75 Å². The van der Waals surface area contributed by atoms with Crippen LogP contribution in [0.1, 0.15) is 24.8 Å². The molecule has 130 valence electrons. The van der Waals surface area contributed by atoms with Crippen molar-refractivity contribution in [1.29, 1.82) is 0 Å². The number of piperidine rings is 1. The minimum Gasteiger partial charge on any atom is -0.493 e. The van der Waals surface area contributed by atoms with E-state index in [4.69, 9.17) is 9.47 Å². The molecule has 1 aliphatic rings. The first-order valence-corrected chi connectivity index (χ1v) is 7.98. The molecule has 0 saturated carbocycles. The molecule has 0 aliphatic carbocycles. The van der Waals surface area contributed by atoms with E-state index in [2.05, 4.69) is 10.6 Å². The van der Waals surface area contributed by atoms with Gasteiger partial charge in [0.25, 0.3) is 0 Å². The van der Waals surface area contributed by atoms with Gasteiger partial charge in [0.1, 0.15) is 5.75 Å². The van der Waals surface area contributed by atoms with E-state index in [1.54, 1.807) is 7.11 Å². The zero-order chi connectivity index (χ0) is 15.6. The standard InChI is InChI=1S/C17H26N2O3.ClH/c1-21-10-3-11-22-16-5-2-4-14(12-16)13-19-17(20)15-6-8-18-9-7-15;/h2,4-5,12,15,18H,3,6-11,13H2,1H3,(H,19,20);1H. The summed E-state index contributed by atoms with van der Waals surface area (Å²) in [4.78, 5) is 12.1. The van der Waals surface area contributed by atoms with Crippen molar-refractivity contribution in [2.75, 3.05) is 33.4 Å². The maximum atomic E-state index is 12.1. The molecule has 1 aromatic carbocycles. The van der Waals surface area contributed by atoms with Crippen LogP contribution >= 0.6 is 12.4 Å². The molecule has 1 aromatic rings. The van der Waals surface area contributed by atoms with Gasteiger partial charge in [0.15, 0.2) is 0 Å². The molecule has 0 bridgehead atoms. The predicted molar refractivity (Wildman–Crippen MR) is 93.1 cm³/mol. The summed E-state index contributed by atoms with van der Waals surface area (Å²) in [6, 6.07) is 7.88. The molecular formula is C17H27ClN2O3. The van der Waals surface area contributed by atoms with Gasteiger partial charge in [-0.3, -0.25) is 4.79 Å². The van der Waals surface area contributed by atoms with Gasteiger partial charge < -0.3 is 20.1 Å². The number of halogens is 1. The number of nitrogens with one attached hydrogen (secondary N) is 2. The van der Waals surface area contributed by atoms with E-state index in [0.29, 0.717) is 19.8 Å². The second-order valence-electron chi connectivity index (χ2n) is 5.58. The highest BCUT2D eigenvalue weighted by Crippen LogP contribution is 2.15. The van der Waals surface area contributed by atoms with E-state index in [1.165, 1.54) is 0 Å². The first-order chi connectivity index (χ1) is 10.8. The molecule has 0 radical (unpaired) electrons. The number of benzene rings is 1. The molecule has 0 unspecified atom stereocenters. The maximum absolute atomic E-state index is 12.1. The quantitative estimate of drug-likeness (QED) is 0.711. The molecule has 23 heavy (non-hydrogen) atoms. The molecule has 0 spiro atoms. The summed E-state index contributed by atoms with van der Waals surface area (Å²) in [6.45, 7) is 3.76. The van der Waals surface area contributed by atoms with Crippen LogP contribution in [0.4, 0.5) is 0 Å². The molecule has 0 aromatic heterocycles. The Hall–Kier alpha value is -1.30. The van der Waals surface area contributed by atoms with Crippen LogP contribution < -0.4 is 15.4 Å². The summed E-state index contributed by atoms with van der Waals surface area (Å²) in [7, 11) is 1.69. The first kappa shape index (κ1) is 19.7. The summed E-state index contributed by atoms with van der Waals surface area (Å²) >= 11 is 0. The molecule has 2 N–H and O–H groups in total. The van der Waals surface area contributed by atoms with Gasteiger partial charge in [0, 0.05) is 32.6 Å². The van der Waals surface area contributed by atoms with Crippen molar-refractivity contribution in [3.05, 3.63) is 29.8 Å². The Bertz CT molecular complexity index is 465. The Kier molecular flexibility index (Phi) is 9.67. The molecule has 1 saturated heterocycles. The van der Waals surface area contributed by atoms with Crippen LogP contribution in [0.3, 0.4) is 0 Å². The Morgan fingerprint density at radius 2 is 2.09 bits per heavy atom. The summed E-state index contributed by atoms with van der Waals surface area (Å²) in [5, 5.41) is 6.30. The van der Waals surface area contributed by atoms with Crippen LogP contribution in [-0.2, 0) is 16.1 Å². The fraction of sp³-hybridized carbons (Fsp3) is 0.588. The van der Waals surface area contributed by atoms with Crippen LogP contribution in [0.25, 0.3) is 0 Å². The second kappa shape index (κ2) is 11.3. The fourth-order valence-corrected chi connectivity index (χ4v) is 2.56. The lowest BCUT2D eigenvalue weighted by molar-refractivity contribution is -0.125. The summed E-state index contributed by atoms with van der Waals surface area (Å²) in [5.41, 5.74) is 1.06. The lowest BCUT2D eigenvalue weighted by Gasteiger charge is -2.21. The molecule has 2 rings (SSSR count). The number of rotatable bonds is 8. The molecule has 5 nitrogen and oxygen atoms in total. The number of carbonyl (C=O) groups excluding carboxylic acids is 1. The van der Waals surface area contributed by atoms with E-state index in [1.807, 2.05) is 24.3 Å². The first-order valence-electron chi connectivity index (χ1n) is 7.98. The van der Waals surface area contributed by atoms with Crippen molar-refractivity contribution >= 4 is 18.3 Å². The number of carbonyl (C=O) groups is 1. The van der Waals surface area contributed by atoms with Crippen LogP contribution in [0.2, 0.25) is 0 Å². The van der Waals surface area contributed by atoms with Crippen molar-refractivity contribution in [1.82, 2.24) is 10.6 Å². The zero-order valence-electron chi connectivity index (χ0n) is 13.7. The number of ether oxygens (including phenoxy) is 2. The van der Waals surface area contributed by atoms with Gasteiger partial charge in [-0.1, -0.05) is 12.1 Å². The van der Waals surface area contributed by atoms with Gasteiger partial charge >= 0.3 is 0 Å². The maximum Gasteiger partial charge on any atom is 0.223 e. The van der Waals surface area contributed by atoms with Crippen molar-refractivity contribution < 1.29 is 14.3 Å². The van der Waals surface area contributed by atoms with Crippen LogP contribution in [-0.4, -0.2) is 39.3 Å². The monoisotopic (exact) mass is 342 g/mol. The number of methoxy groups -OCH3 is 1. The van der Waals surface area contributed by atoms with Gasteiger partial charge in [0.2, 0.25) is 5.91 Å². The normalized spacial score (nSPS) is 14.8. The van der Waals surface area contributed by atoms with Crippen molar-refractivity contribution in [2.24, 2.45) is 5.92 Å². The van der Waals surface area contributed by atoms with Crippen LogP contribution in [0.15, 0.2) is 24.3 Å². The van der Waals surface area contributed by atoms with Gasteiger partial charge in [-0.2, -0.15) is 0 Å². The van der Waals surface area contributed by atoms with Crippen molar-refractivity contribution in [2.45, 2.75) is 25.8 Å². The van der Waals surface area contributed by atoms with Gasteiger partial charge in [-0.15, -0.1) is 12.4 Å². The predicted octanol–water partition coefficient (Wildman–Crippen LogP) is 2.14. The lowest BCUT2D eigenvalue weighted by Crippen LogP contribution is -2.37. The van der Waals surface area contributed by atoms with Gasteiger partial charge in [0.05, 0.1) is 6.61 Å². The number of hydrogen-bond donors (Lipinski definition) is 2. The SMILES string of the molecule is COCCCOc1cccc(CNC(=O)C2CCNCC2)c1.Cl. The molecule has 1 fully saturated rings. The Morgan fingerprint density at radius 1 is 1.30 bits per heavy atom. The summed E-state index contributed by atoms with van der Waals surface area (Å²) < 4.78 is 10.7. The van der Waals surface area contributed by atoms with Gasteiger partial charge in [-0.25, -0.2) is 0 Å². The third-order valence-corrected chi connectivity index (χ3v) is 3.84. The van der Waals surface area contributed by atoms with E-state index in [9.17, 15) is 4.79 Å². The van der Waals surface area contributed by atoms with E-state index in [0.717, 1.165) is 43.7 Å². The van der Waals surface area contributed by atoms with Crippen molar-refractivity contribution in [3.8, 4) is 5.75 Å². The smallest absolute Gasteiger partial charge is 0.223 e. The van der Waals surface area contributed by atoms with Crippen LogP contribution in [0, 0.1) is 5.92 Å². The molecule has 1 amide bonds. The molecular weight excluding hydrogens is 316 g/mol. The van der Waals surface area contributed by atoms with E-state index >= 15 is 0 Å². The van der Waals surface area contributed by atoms with E-state index < -0.39 is 0 Å². The largest absolute Gasteiger partial charge is 0.493 e. The second-order valence-corrected chi connectivity index (χ2v) is 5.58. The third kappa shape index (κ3) is 7.20. The molecule has 0 atom stereocenters. The van der Waals surface area contributed by atoms with E-state index in [-0.39, 0.29) is 24.2 Å². The number of amides is 1. The van der Waals surface area contributed by atoms with Crippen molar-refractivity contribution in [3.63, 3.8) is 0 Å².